The molecule has 1 aliphatic rings. The van der Waals surface area contributed by atoms with Crippen molar-refractivity contribution in [3.63, 3.8) is 0 Å². The molecule has 1 N–H and O–H groups in total. The van der Waals surface area contributed by atoms with Crippen LogP contribution in [-0.2, 0) is 4.79 Å². The molecule has 1 aromatic heterocycles. The average molecular weight is 330 g/mol. The van der Waals surface area contributed by atoms with Gasteiger partial charge in [0.25, 0.3) is 5.91 Å². The first-order valence-electron chi connectivity index (χ1n) is 8.25. The van der Waals surface area contributed by atoms with Crippen molar-refractivity contribution in [2.75, 3.05) is 16.8 Å². The Kier molecular flexibility index (Phi) is 4.09. The van der Waals surface area contributed by atoms with Gasteiger partial charge in [0.05, 0.1) is 30.2 Å². The van der Waals surface area contributed by atoms with Crippen LogP contribution in [-0.4, -0.2) is 12.5 Å². The van der Waals surface area contributed by atoms with Gasteiger partial charge in [0.1, 0.15) is 5.76 Å². The normalized spacial score (nSPS) is 16.5. The van der Waals surface area contributed by atoms with Crippen molar-refractivity contribution in [1.82, 2.24) is 0 Å². The third-order valence-corrected chi connectivity index (χ3v) is 4.29. The van der Waals surface area contributed by atoms with Crippen molar-refractivity contribution in [1.29, 1.82) is 0 Å². The monoisotopic (exact) mass is 330 g/mol. The lowest BCUT2D eigenvalue weighted by Crippen LogP contribution is -2.39. The third-order valence-electron chi connectivity index (χ3n) is 4.29. The third kappa shape index (κ3) is 3.19. The molecule has 124 valence electrons. The van der Waals surface area contributed by atoms with E-state index in [2.05, 4.69) is 17.4 Å². The molecule has 0 radical (unpaired) electrons. The average Bonchev–Trinajstić information content (AvgIpc) is 3.19. The first-order valence-corrected chi connectivity index (χ1v) is 8.25. The molecular formula is C21H18N2O2. The summed E-state index contributed by atoms with van der Waals surface area (Å²) >= 11 is 0. The predicted octanol–water partition coefficient (Wildman–Crippen LogP) is 4.49. The minimum absolute atomic E-state index is 0.0528. The second-order valence-corrected chi connectivity index (χ2v) is 5.92. The van der Waals surface area contributed by atoms with E-state index in [1.807, 2.05) is 53.4 Å². The zero-order valence-electron chi connectivity index (χ0n) is 13.6. The van der Waals surface area contributed by atoms with Crippen LogP contribution < -0.4 is 10.2 Å². The van der Waals surface area contributed by atoms with Gasteiger partial charge in [-0.05, 0) is 35.9 Å². The van der Waals surface area contributed by atoms with Gasteiger partial charge in [-0.3, -0.25) is 4.79 Å². The van der Waals surface area contributed by atoms with Crippen molar-refractivity contribution in [3.05, 3.63) is 90.4 Å². The van der Waals surface area contributed by atoms with E-state index in [1.54, 1.807) is 24.5 Å². The van der Waals surface area contributed by atoms with Crippen LogP contribution in [0, 0.1) is 0 Å². The summed E-state index contributed by atoms with van der Waals surface area (Å²) in [7, 11) is 0. The molecule has 0 saturated heterocycles. The van der Waals surface area contributed by atoms with Crippen LogP contribution in [0.2, 0.25) is 0 Å². The second-order valence-electron chi connectivity index (χ2n) is 5.92. The Morgan fingerprint density at radius 1 is 1.04 bits per heavy atom. The summed E-state index contributed by atoms with van der Waals surface area (Å²) in [5.74, 6) is 0.600. The second kappa shape index (κ2) is 6.69. The maximum atomic E-state index is 12.8. The molecule has 25 heavy (non-hydrogen) atoms. The molecule has 2 heterocycles. The molecule has 4 rings (SSSR count). The van der Waals surface area contributed by atoms with Crippen LogP contribution in [0.5, 0.6) is 0 Å². The fourth-order valence-electron chi connectivity index (χ4n) is 3.06. The number of carbonyl (C=O) groups is 1. The molecule has 2 aromatic carbocycles. The highest BCUT2D eigenvalue weighted by molar-refractivity contribution is 6.06. The van der Waals surface area contributed by atoms with Crippen molar-refractivity contribution < 1.29 is 9.21 Å². The number of para-hydroxylation sites is 2. The van der Waals surface area contributed by atoms with Gasteiger partial charge < -0.3 is 14.6 Å². The standard InChI is InChI=1S/C21H18N2O2/c24-21(13-12-17-9-6-14-25-17)23-15-19(16-7-2-1-3-8-16)22-18-10-4-5-11-20(18)23/h1-14,19,22H,15H2/b13-12+. The number of fused-ring (bicyclic) bond motifs is 1. The quantitative estimate of drug-likeness (QED) is 0.720. The van der Waals surface area contributed by atoms with Crippen LogP contribution in [0.15, 0.2) is 83.5 Å². The summed E-state index contributed by atoms with van der Waals surface area (Å²) in [5, 5.41) is 3.53. The highest BCUT2D eigenvalue weighted by Crippen LogP contribution is 2.35. The summed E-state index contributed by atoms with van der Waals surface area (Å²) in [6.07, 6.45) is 4.85. The number of hydrogen-bond acceptors (Lipinski definition) is 3. The van der Waals surface area contributed by atoms with Crippen molar-refractivity contribution >= 4 is 23.4 Å². The van der Waals surface area contributed by atoms with Gasteiger partial charge in [0.2, 0.25) is 0 Å². The van der Waals surface area contributed by atoms with E-state index in [1.165, 1.54) is 0 Å². The molecule has 1 amide bonds. The van der Waals surface area contributed by atoms with Gasteiger partial charge in [-0.25, -0.2) is 0 Å². The zero-order valence-corrected chi connectivity index (χ0v) is 13.6. The number of nitrogens with one attached hydrogen (secondary N) is 1. The lowest BCUT2D eigenvalue weighted by molar-refractivity contribution is -0.114. The van der Waals surface area contributed by atoms with E-state index in [9.17, 15) is 4.79 Å². The van der Waals surface area contributed by atoms with Gasteiger partial charge in [-0.15, -0.1) is 0 Å². The Labute approximate surface area is 146 Å². The van der Waals surface area contributed by atoms with E-state index in [0.717, 1.165) is 16.9 Å². The lowest BCUT2D eigenvalue weighted by atomic mass is 10.0. The molecule has 1 unspecified atom stereocenters. The number of rotatable bonds is 3. The Morgan fingerprint density at radius 3 is 2.64 bits per heavy atom. The fraction of sp³-hybridized carbons (Fsp3) is 0.0952. The van der Waals surface area contributed by atoms with Crippen molar-refractivity contribution in [3.8, 4) is 0 Å². The van der Waals surface area contributed by atoms with Crippen LogP contribution in [0.25, 0.3) is 6.08 Å². The number of nitrogens with zero attached hydrogens (tertiary/aromatic N) is 1. The number of carbonyl (C=O) groups excluding carboxylic acids is 1. The van der Waals surface area contributed by atoms with E-state index in [4.69, 9.17) is 4.42 Å². The summed E-state index contributed by atoms with van der Waals surface area (Å²) in [6, 6.07) is 21.7. The molecule has 1 aliphatic heterocycles. The largest absolute Gasteiger partial charge is 0.465 e. The van der Waals surface area contributed by atoms with Gasteiger partial charge in [0, 0.05) is 6.08 Å². The molecule has 1 atom stereocenters. The molecule has 4 heteroatoms. The summed E-state index contributed by atoms with van der Waals surface area (Å²) < 4.78 is 5.26. The van der Waals surface area contributed by atoms with Crippen LogP contribution in [0.4, 0.5) is 11.4 Å². The van der Waals surface area contributed by atoms with Gasteiger partial charge >= 0.3 is 0 Å². The predicted molar refractivity (Wildman–Crippen MR) is 99.3 cm³/mol. The molecule has 0 saturated carbocycles. The zero-order chi connectivity index (χ0) is 17.1. The summed E-state index contributed by atoms with van der Waals surface area (Å²) in [6.45, 7) is 0.572. The minimum atomic E-state index is -0.0636. The number of amides is 1. The molecule has 0 bridgehead atoms. The van der Waals surface area contributed by atoms with Crippen molar-refractivity contribution in [2.45, 2.75) is 6.04 Å². The maximum absolute atomic E-state index is 12.8. The van der Waals surface area contributed by atoms with Crippen LogP contribution in [0.1, 0.15) is 17.4 Å². The van der Waals surface area contributed by atoms with E-state index in [-0.39, 0.29) is 11.9 Å². The Morgan fingerprint density at radius 2 is 1.84 bits per heavy atom. The SMILES string of the molecule is O=C(/C=C/c1ccco1)N1CC(c2ccccc2)Nc2ccccc21. The van der Waals surface area contributed by atoms with E-state index < -0.39 is 0 Å². The van der Waals surface area contributed by atoms with E-state index >= 15 is 0 Å². The van der Waals surface area contributed by atoms with Gasteiger partial charge in [-0.2, -0.15) is 0 Å². The fourth-order valence-corrected chi connectivity index (χ4v) is 3.06. The highest BCUT2D eigenvalue weighted by Gasteiger charge is 2.27. The lowest BCUT2D eigenvalue weighted by Gasteiger charge is -2.35. The molecule has 0 aliphatic carbocycles. The van der Waals surface area contributed by atoms with Crippen LogP contribution >= 0.6 is 0 Å². The smallest absolute Gasteiger partial charge is 0.251 e. The Hall–Kier alpha value is -3.27. The van der Waals surface area contributed by atoms with Crippen LogP contribution in [0.3, 0.4) is 0 Å². The van der Waals surface area contributed by atoms with Gasteiger partial charge in [0.15, 0.2) is 0 Å². The Bertz CT molecular complexity index is 885. The molecule has 0 fully saturated rings. The first kappa shape index (κ1) is 15.3. The number of anilines is 2. The topological polar surface area (TPSA) is 45.5 Å². The minimum Gasteiger partial charge on any atom is -0.465 e. The number of benzene rings is 2. The number of hydrogen-bond donors (Lipinski definition) is 1. The maximum Gasteiger partial charge on any atom is 0.251 e. The van der Waals surface area contributed by atoms with Crippen molar-refractivity contribution in [2.24, 2.45) is 0 Å². The molecular weight excluding hydrogens is 312 g/mol. The first-order chi connectivity index (χ1) is 12.3. The summed E-state index contributed by atoms with van der Waals surface area (Å²) in [4.78, 5) is 14.6. The number of furan rings is 1. The van der Waals surface area contributed by atoms with E-state index in [0.29, 0.717) is 12.3 Å². The summed E-state index contributed by atoms with van der Waals surface area (Å²) in [5.41, 5.74) is 3.01. The van der Waals surface area contributed by atoms with Gasteiger partial charge in [-0.1, -0.05) is 42.5 Å². The molecule has 0 spiro atoms. The molecule has 4 nitrogen and oxygen atoms in total. The Balaban J connectivity index is 1.64. The molecule has 3 aromatic rings. The highest BCUT2D eigenvalue weighted by atomic mass is 16.3.